The lowest BCUT2D eigenvalue weighted by molar-refractivity contribution is 1.07. The van der Waals surface area contributed by atoms with Gasteiger partial charge >= 0.3 is 0 Å². The van der Waals surface area contributed by atoms with Crippen LogP contribution in [0.4, 0.5) is 0 Å². The molecule has 0 aliphatic rings. The molecule has 3 aromatic rings. The molecule has 0 unspecified atom stereocenters. The van der Waals surface area contributed by atoms with Gasteiger partial charge in [0.05, 0.1) is 0 Å². The molecule has 0 fully saturated rings. The Morgan fingerprint density at radius 1 is 0.500 bits per heavy atom. The molecule has 0 aliphatic heterocycles. The largest absolute Gasteiger partial charge is 0.326 e. The maximum atomic E-state index is 5.60. The molecule has 0 spiro atoms. The summed E-state index contributed by atoms with van der Waals surface area (Å²) >= 11 is 0. The molecule has 0 atom stereocenters. The van der Waals surface area contributed by atoms with Crippen LogP contribution in [-0.4, -0.2) is 0 Å². The van der Waals surface area contributed by atoms with Gasteiger partial charge in [0, 0.05) is 13.1 Å². The normalized spacial score (nSPS) is 9.73. The molecule has 2 heteroatoms. The zero-order chi connectivity index (χ0) is 15.6. The molecule has 0 radical (unpaired) electrons. The standard InChI is InChI=1S/C13H13N.C7H9N/c14-10-11-5-4-8-13(9-11)12-6-2-1-3-7-12;8-6-7-4-2-1-3-5-7/h1-9H,10,14H2;1-5H,6,8H2. The van der Waals surface area contributed by atoms with Gasteiger partial charge in [-0.15, -0.1) is 0 Å². The molecule has 0 amide bonds. The Morgan fingerprint density at radius 2 is 1.00 bits per heavy atom. The predicted molar refractivity (Wildman–Crippen MR) is 94.1 cm³/mol. The smallest absolute Gasteiger partial charge is 0.0178 e. The van der Waals surface area contributed by atoms with Gasteiger partial charge in [0.2, 0.25) is 0 Å². The monoisotopic (exact) mass is 290 g/mol. The first-order valence-electron chi connectivity index (χ1n) is 7.42. The summed E-state index contributed by atoms with van der Waals surface area (Å²) in [6.07, 6.45) is 0. The summed E-state index contributed by atoms with van der Waals surface area (Å²) in [4.78, 5) is 0. The molecule has 4 N–H and O–H groups in total. The van der Waals surface area contributed by atoms with Crippen LogP contribution in [0.1, 0.15) is 11.1 Å². The molecule has 0 saturated carbocycles. The highest BCUT2D eigenvalue weighted by molar-refractivity contribution is 5.63. The molecule has 3 rings (SSSR count). The van der Waals surface area contributed by atoms with Gasteiger partial charge in [-0.2, -0.15) is 0 Å². The Morgan fingerprint density at radius 3 is 1.55 bits per heavy atom. The van der Waals surface area contributed by atoms with E-state index in [-0.39, 0.29) is 0 Å². The van der Waals surface area contributed by atoms with Crippen molar-refractivity contribution < 1.29 is 0 Å². The van der Waals surface area contributed by atoms with Gasteiger partial charge in [-0.1, -0.05) is 78.9 Å². The Balaban J connectivity index is 0.000000188. The minimum Gasteiger partial charge on any atom is -0.326 e. The third-order valence-corrected chi connectivity index (χ3v) is 3.35. The van der Waals surface area contributed by atoms with Gasteiger partial charge in [-0.3, -0.25) is 0 Å². The molecule has 112 valence electrons. The van der Waals surface area contributed by atoms with Crippen LogP contribution in [-0.2, 0) is 13.1 Å². The van der Waals surface area contributed by atoms with Crippen molar-refractivity contribution in [2.24, 2.45) is 11.5 Å². The maximum absolute atomic E-state index is 5.60. The Bertz CT molecular complexity index is 664. The lowest BCUT2D eigenvalue weighted by Gasteiger charge is -2.03. The molecule has 0 heterocycles. The van der Waals surface area contributed by atoms with E-state index < -0.39 is 0 Å². The average molecular weight is 290 g/mol. The first kappa shape index (κ1) is 16.0. The quantitative estimate of drug-likeness (QED) is 0.767. The molecule has 0 bridgehead atoms. The number of benzene rings is 3. The summed E-state index contributed by atoms with van der Waals surface area (Å²) in [6, 6.07) is 28.7. The molecule has 3 aromatic carbocycles. The van der Waals surface area contributed by atoms with Crippen molar-refractivity contribution in [1.82, 2.24) is 0 Å². The van der Waals surface area contributed by atoms with Gasteiger partial charge in [0.1, 0.15) is 0 Å². The van der Waals surface area contributed by atoms with Crippen molar-refractivity contribution in [1.29, 1.82) is 0 Å². The van der Waals surface area contributed by atoms with Crippen LogP contribution in [0.2, 0.25) is 0 Å². The van der Waals surface area contributed by atoms with E-state index in [0.29, 0.717) is 13.1 Å². The topological polar surface area (TPSA) is 52.0 Å². The predicted octanol–water partition coefficient (Wildman–Crippen LogP) is 3.96. The van der Waals surface area contributed by atoms with E-state index in [4.69, 9.17) is 11.5 Å². The van der Waals surface area contributed by atoms with Crippen molar-refractivity contribution in [3.8, 4) is 11.1 Å². The summed E-state index contributed by atoms with van der Waals surface area (Å²) < 4.78 is 0. The second-order valence-corrected chi connectivity index (χ2v) is 4.96. The summed E-state index contributed by atoms with van der Waals surface area (Å²) in [7, 11) is 0. The van der Waals surface area contributed by atoms with Gasteiger partial charge in [-0.05, 0) is 28.3 Å². The van der Waals surface area contributed by atoms with Crippen molar-refractivity contribution >= 4 is 0 Å². The summed E-state index contributed by atoms with van der Waals surface area (Å²) in [5.41, 5.74) is 15.8. The van der Waals surface area contributed by atoms with Gasteiger partial charge in [0.25, 0.3) is 0 Å². The van der Waals surface area contributed by atoms with E-state index >= 15 is 0 Å². The van der Waals surface area contributed by atoms with E-state index in [1.165, 1.54) is 22.3 Å². The van der Waals surface area contributed by atoms with E-state index in [1.807, 2.05) is 60.7 Å². The highest BCUT2D eigenvalue weighted by Crippen LogP contribution is 2.19. The van der Waals surface area contributed by atoms with E-state index in [1.54, 1.807) is 0 Å². The van der Waals surface area contributed by atoms with Crippen LogP contribution >= 0.6 is 0 Å². The molecule has 0 aliphatic carbocycles. The van der Waals surface area contributed by atoms with Crippen LogP contribution in [0.3, 0.4) is 0 Å². The Kier molecular flexibility index (Phi) is 6.37. The molecule has 2 nitrogen and oxygen atoms in total. The minimum atomic E-state index is 0.598. The van der Waals surface area contributed by atoms with E-state index in [9.17, 15) is 0 Å². The number of nitrogens with two attached hydrogens (primary N) is 2. The lowest BCUT2D eigenvalue weighted by atomic mass is 10.0. The van der Waals surface area contributed by atoms with Crippen LogP contribution in [0.25, 0.3) is 11.1 Å². The Labute approximate surface area is 132 Å². The first-order chi connectivity index (χ1) is 10.8. The number of rotatable bonds is 3. The molecule has 22 heavy (non-hydrogen) atoms. The third kappa shape index (κ3) is 4.85. The maximum Gasteiger partial charge on any atom is 0.0178 e. The Hall–Kier alpha value is -2.42. The van der Waals surface area contributed by atoms with Crippen molar-refractivity contribution in [3.63, 3.8) is 0 Å². The van der Waals surface area contributed by atoms with Crippen LogP contribution in [0, 0.1) is 0 Å². The highest BCUT2D eigenvalue weighted by Gasteiger charge is 1.96. The number of hydrogen-bond donors (Lipinski definition) is 2. The summed E-state index contributed by atoms with van der Waals surface area (Å²) in [5, 5.41) is 0. The lowest BCUT2D eigenvalue weighted by Crippen LogP contribution is -1.95. The van der Waals surface area contributed by atoms with Crippen LogP contribution in [0.15, 0.2) is 84.9 Å². The zero-order valence-corrected chi connectivity index (χ0v) is 12.7. The molecule has 0 aromatic heterocycles. The fourth-order valence-corrected chi connectivity index (χ4v) is 2.12. The fourth-order valence-electron chi connectivity index (χ4n) is 2.12. The highest BCUT2D eigenvalue weighted by atomic mass is 14.5. The summed E-state index contributed by atoms with van der Waals surface area (Å²) in [5.74, 6) is 0. The SMILES string of the molecule is NCc1cccc(-c2ccccc2)c1.NCc1ccccc1. The second-order valence-electron chi connectivity index (χ2n) is 4.96. The van der Waals surface area contributed by atoms with Crippen LogP contribution < -0.4 is 11.5 Å². The average Bonchev–Trinajstić information content (AvgIpc) is 2.64. The van der Waals surface area contributed by atoms with Gasteiger partial charge in [0.15, 0.2) is 0 Å². The third-order valence-electron chi connectivity index (χ3n) is 3.35. The molecular formula is C20H22N2. The van der Waals surface area contributed by atoms with E-state index in [0.717, 1.165) is 0 Å². The van der Waals surface area contributed by atoms with Crippen molar-refractivity contribution in [3.05, 3.63) is 96.1 Å². The first-order valence-corrected chi connectivity index (χ1v) is 7.42. The molecular weight excluding hydrogens is 268 g/mol. The molecule has 0 saturated heterocycles. The number of hydrogen-bond acceptors (Lipinski definition) is 2. The second kappa shape index (κ2) is 8.78. The van der Waals surface area contributed by atoms with Gasteiger partial charge in [-0.25, -0.2) is 0 Å². The van der Waals surface area contributed by atoms with Crippen molar-refractivity contribution in [2.75, 3.05) is 0 Å². The zero-order valence-electron chi connectivity index (χ0n) is 12.7. The van der Waals surface area contributed by atoms with Gasteiger partial charge < -0.3 is 11.5 Å². The summed E-state index contributed by atoms with van der Waals surface area (Å²) in [6.45, 7) is 1.24. The minimum absolute atomic E-state index is 0.598. The fraction of sp³-hybridized carbons (Fsp3) is 0.100. The van der Waals surface area contributed by atoms with Crippen molar-refractivity contribution in [2.45, 2.75) is 13.1 Å². The van der Waals surface area contributed by atoms with E-state index in [2.05, 4.69) is 24.3 Å². The van der Waals surface area contributed by atoms with Crippen LogP contribution in [0.5, 0.6) is 0 Å².